The van der Waals surface area contributed by atoms with Crippen LogP contribution in [0.25, 0.3) is 10.9 Å². The Balaban J connectivity index is 2.10. The van der Waals surface area contributed by atoms with Crippen molar-refractivity contribution in [3.8, 4) is 0 Å². The number of rotatable bonds is 2. The fourth-order valence-corrected chi connectivity index (χ4v) is 1.87. The molecule has 0 aliphatic carbocycles. The fourth-order valence-electron chi connectivity index (χ4n) is 1.87. The van der Waals surface area contributed by atoms with Crippen LogP contribution in [0.1, 0.15) is 5.69 Å². The molecule has 0 saturated heterocycles. The summed E-state index contributed by atoms with van der Waals surface area (Å²) in [6, 6.07) is 8.18. The molecule has 3 rings (SSSR count). The third-order valence-corrected chi connectivity index (χ3v) is 2.61. The molecule has 5 heteroatoms. The molecule has 0 amide bonds. The zero-order valence-corrected chi connectivity index (χ0v) is 8.91. The van der Waals surface area contributed by atoms with Crippen molar-refractivity contribution in [3.05, 3.63) is 42.6 Å². The highest BCUT2D eigenvalue weighted by Crippen LogP contribution is 2.17. The second-order valence-corrected chi connectivity index (χ2v) is 3.68. The lowest BCUT2D eigenvalue weighted by Gasteiger charge is -1.96. The Morgan fingerprint density at radius 2 is 2.12 bits per heavy atom. The number of aryl methyl sites for hydroxylation is 1. The summed E-state index contributed by atoms with van der Waals surface area (Å²) in [5.41, 5.74) is 2.15. The Hall–Kier alpha value is -2.17. The third kappa shape index (κ3) is 1.37. The van der Waals surface area contributed by atoms with Crippen molar-refractivity contribution in [2.45, 2.75) is 6.54 Å². The highest BCUT2D eigenvalue weighted by molar-refractivity contribution is 5.81. The maximum absolute atomic E-state index is 4.49. The van der Waals surface area contributed by atoms with Gasteiger partial charge in [-0.05, 0) is 6.07 Å². The van der Waals surface area contributed by atoms with Gasteiger partial charge in [-0.25, -0.2) is 9.67 Å². The molecule has 3 aromatic rings. The molecule has 80 valence electrons. The number of benzene rings is 1. The predicted octanol–water partition coefficient (Wildman–Crippen LogP) is 1.21. The molecule has 0 unspecified atom stereocenters. The van der Waals surface area contributed by atoms with Crippen molar-refractivity contribution in [1.82, 2.24) is 24.5 Å². The zero-order valence-electron chi connectivity index (χ0n) is 8.91. The first-order valence-electron chi connectivity index (χ1n) is 5.07. The van der Waals surface area contributed by atoms with Crippen molar-refractivity contribution < 1.29 is 0 Å². The van der Waals surface area contributed by atoms with Crippen LogP contribution in [0.4, 0.5) is 0 Å². The molecule has 0 saturated carbocycles. The predicted molar refractivity (Wildman–Crippen MR) is 59.8 cm³/mol. The van der Waals surface area contributed by atoms with Gasteiger partial charge in [0.25, 0.3) is 0 Å². The number of hydrogen-bond acceptors (Lipinski definition) is 3. The van der Waals surface area contributed by atoms with Crippen LogP contribution in [-0.2, 0) is 13.6 Å². The molecule has 0 bridgehead atoms. The van der Waals surface area contributed by atoms with E-state index in [2.05, 4.69) is 27.3 Å². The van der Waals surface area contributed by atoms with Gasteiger partial charge in [0.15, 0.2) is 0 Å². The molecule has 0 aliphatic rings. The maximum Gasteiger partial charge on any atom is 0.137 e. The lowest BCUT2D eigenvalue weighted by molar-refractivity contribution is 0.654. The molecule has 5 nitrogen and oxygen atoms in total. The Morgan fingerprint density at radius 3 is 2.94 bits per heavy atom. The average Bonchev–Trinajstić information content (AvgIpc) is 2.90. The van der Waals surface area contributed by atoms with Crippen molar-refractivity contribution >= 4 is 10.9 Å². The topological polar surface area (TPSA) is 48.5 Å². The number of fused-ring (bicyclic) bond motifs is 1. The van der Waals surface area contributed by atoms with Crippen LogP contribution in [0.5, 0.6) is 0 Å². The molecule has 0 fully saturated rings. The average molecular weight is 213 g/mol. The Kier molecular flexibility index (Phi) is 1.96. The summed E-state index contributed by atoms with van der Waals surface area (Å²) in [4.78, 5) is 3.92. The van der Waals surface area contributed by atoms with E-state index in [1.165, 1.54) is 11.7 Å². The van der Waals surface area contributed by atoms with Gasteiger partial charge in [-0.15, -0.1) is 0 Å². The first-order chi connectivity index (χ1) is 7.84. The van der Waals surface area contributed by atoms with Crippen LogP contribution in [0.2, 0.25) is 0 Å². The Labute approximate surface area is 92.3 Å². The van der Waals surface area contributed by atoms with E-state index in [0.717, 1.165) is 11.2 Å². The van der Waals surface area contributed by atoms with Crippen LogP contribution >= 0.6 is 0 Å². The first kappa shape index (κ1) is 9.08. The monoisotopic (exact) mass is 213 g/mol. The van der Waals surface area contributed by atoms with E-state index in [1.54, 1.807) is 11.0 Å². The third-order valence-electron chi connectivity index (χ3n) is 2.61. The van der Waals surface area contributed by atoms with Crippen LogP contribution in [0, 0.1) is 0 Å². The zero-order chi connectivity index (χ0) is 11.0. The van der Waals surface area contributed by atoms with Gasteiger partial charge < -0.3 is 0 Å². The number of nitrogens with zero attached hydrogens (tertiary/aromatic N) is 5. The van der Waals surface area contributed by atoms with Gasteiger partial charge in [0.05, 0.1) is 17.8 Å². The normalized spacial score (nSPS) is 11.1. The minimum Gasteiger partial charge on any atom is -0.268 e. The van der Waals surface area contributed by atoms with E-state index in [0.29, 0.717) is 6.54 Å². The van der Waals surface area contributed by atoms with Crippen LogP contribution in [0.15, 0.2) is 36.9 Å². The molecule has 1 aromatic carbocycles. The second-order valence-electron chi connectivity index (χ2n) is 3.68. The van der Waals surface area contributed by atoms with Crippen LogP contribution in [0.3, 0.4) is 0 Å². The summed E-state index contributed by atoms with van der Waals surface area (Å²) in [5.74, 6) is 0. The summed E-state index contributed by atoms with van der Waals surface area (Å²) >= 11 is 0. The summed E-state index contributed by atoms with van der Waals surface area (Å²) in [6.07, 6.45) is 3.23. The van der Waals surface area contributed by atoms with Crippen molar-refractivity contribution in [1.29, 1.82) is 0 Å². The van der Waals surface area contributed by atoms with Gasteiger partial charge in [0.2, 0.25) is 0 Å². The molecular formula is C11H11N5. The molecule has 0 aliphatic heterocycles. The summed E-state index contributed by atoms with van der Waals surface area (Å²) in [7, 11) is 1.95. The van der Waals surface area contributed by atoms with Crippen LogP contribution < -0.4 is 0 Å². The smallest absolute Gasteiger partial charge is 0.137 e. The van der Waals surface area contributed by atoms with E-state index in [9.17, 15) is 0 Å². The minimum atomic E-state index is 0.654. The molecular weight excluding hydrogens is 202 g/mol. The number of aromatic nitrogens is 5. The van der Waals surface area contributed by atoms with Gasteiger partial charge in [-0.2, -0.15) is 10.2 Å². The van der Waals surface area contributed by atoms with Gasteiger partial charge >= 0.3 is 0 Å². The number of hydrogen-bond donors (Lipinski definition) is 0. The quantitative estimate of drug-likeness (QED) is 0.643. The standard InChI is InChI=1S/C11H11N5/c1-15-11-5-3-2-4-9(11)10(14-15)6-16-8-12-7-13-16/h2-5,7-8H,6H2,1H3. The first-order valence-corrected chi connectivity index (χ1v) is 5.07. The van der Waals surface area contributed by atoms with Gasteiger partial charge in [0.1, 0.15) is 12.7 Å². The van der Waals surface area contributed by atoms with Crippen molar-refractivity contribution in [2.24, 2.45) is 7.05 Å². The molecule has 16 heavy (non-hydrogen) atoms. The van der Waals surface area contributed by atoms with Gasteiger partial charge in [-0.3, -0.25) is 4.68 Å². The number of para-hydroxylation sites is 1. The summed E-state index contributed by atoms with van der Waals surface area (Å²) < 4.78 is 3.66. The van der Waals surface area contributed by atoms with Crippen molar-refractivity contribution in [3.63, 3.8) is 0 Å². The van der Waals surface area contributed by atoms with E-state index >= 15 is 0 Å². The van der Waals surface area contributed by atoms with E-state index in [4.69, 9.17) is 0 Å². The molecule has 2 heterocycles. The lowest BCUT2D eigenvalue weighted by Crippen LogP contribution is -2.01. The second kappa shape index (κ2) is 3.44. The maximum atomic E-state index is 4.49. The van der Waals surface area contributed by atoms with E-state index in [-0.39, 0.29) is 0 Å². The van der Waals surface area contributed by atoms with E-state index < -0.39 is 0 Å². The fraction of sp³-hybridized carbons (Fsp3) is 0.182. The molecule has 0 radical (unpaired) electrons. The molecule has 0 N–H and O–H groups in total. The van der Waals surface area contributed by atoms with Crippen LogP contribution in [-0.4, -0.2) is 24.5 Å². The van der Waals surface area contributed by atoms with E-state index in [1.807, 2.05) is 23.9 Å². The summed E-state index contributed by atoms with van der Waals surface area (Å²) in [6.45, 7) is 0.654. The molecule has 0 atom stereocenters. The summed E-state index contributed by atoms with van der Waals surface area (Å²) in [5, 5.41) is 9.74. The largest absolute Gasteiger partial charge is 0.268 e. The molecule has 0 spiro atoms. The Bertz CT molecular complexity index is 608. The van der Waals surface area contributed by atoms with Gasteiger partial charge in [0, 0.05) is 12.4 Å². The van der Waals surface area contributed by atoms with Crippen molar-refractivity contribution in [2.75, 3.05) is 0 Å². The van der Waals surface area contributed by atoms with Gasteiger partial charge in [-0.1, -0.05) is 18.2 Å². The lowest BCUT2D eigenvalue weighted by atomic mass is 10.2. The SMILES string of the molecule is Cn1nc(Cn2cncn2)c2ccccc21. The Morgan fingerprint density at radius 1 is 1.25 bits per heavy atom. The molecule has 2 aromatic heterocycles. The minimum absolute atomic E-state index is 0.654. The highest BCUT2D eigenvalue weighted by atomic mass is 15.3. The highest BCUT2D eigenvalue weighted by Gasteiger charge is 2.07.